The van der Waals surface area contributed by atoms with E-state index < -0.39 is 15.8 Å². The Labute approximate surface area is 207 Å². The van der Waals surface area contributed by atoms with E-state index in [1.54, 1.807) is 0 Å². The lowest BCUT2D eigenvalue weighted by Crippen LogP contribution is -2.55. The molecule has 1 aliphatic carbocycles. The lowest BCUT2D eigenvalue weighted by Gasteiger charge is -2.56. The standard InChI is InChI=1S/C32H32P2/c1-3-16-30-25(2)31(33(26-17-8-4-9-18-26)27-19-10-5-11-20-27)32(30)34(28-21-12-6-13-22-28)29-23-14-7-15-24-29/h3-25,30-32H,1-2H3/b16-3-. The van der Waals surface area contributed by atoms with Crippen molar-refractivity contribution in [3.8, 4) is 0 Å². The fourth-order valence-electron chi connectivity index (χ4n) is 5.50. The van der Waals surface area contributed by atoms with E-state index in [9.17, 15) is 0 Å². The Kier molecular flexibility index (Phi) is 7.39. The summed E-state index contributed by atoms with van der Waals surface area (Å²) >= 11 is 0. The van der Waals surface area contributed by atoms with Gasteiger partial charge in [-0.2, -0.15) is 0 Å². The van der Waals surface area contributed by atoms with Gasteiger partial charge in [-0.1, -0.05) is 140 Å². The Morgan fingerprint density at radius 2 is 0.824 bits per heavy atom. The Hall–Kier alpha value is -2.52. The van der Waals surface area contributed by atoms with Crippen molar-refractivity contribution in [2.24, 2.45) is 11.8 Å². The Morgan fingerprint density at radius 1 is 0.500 bits per heavy atom. The first-order valence-electron chi connectivity index (χ1n) is 12.2. The highest BCUT2D eigenvalue weighted by atomic mass is 31.1. The molecule has 4 aromatic rings. The van der Waals surface area contributed by atoms with E-state index in [2.05, 4.69) is 147 Å². The molecule has 0 aliphatic heterocycles. The molecule has 1 aliphatic rings. The molecule has 0 nitrogen and oxygen atoms in total. The van der Waals surface area contributed by atoms with Crippen molar-refractivity contribution in [2.75, 3.05) is 0 Å². The monoisotopic (exact) mass is 478 g/mol. The summed E-state index contributed by atoms with van der Waals surface area (Å²) in [6, 6.07) is 45.2. The second-order valence-corrected chi connectivity index (χ2v) is 13.8. The molecule has 1 fully saturated rings. The molecule has 0 radical (unpaired) electrons. The molecule has 0 aromatic heterocycles. The van der Waals surface area contributed by atoms with E-state index in [0.717, 1.165) is 0 Å². The SMILES string of the molecule is C/C=C\C1C(C)C(P(c2ccccc2)c2ccccc2)C1P(c1ccccc1)c1ccccc1. The van der Waals surface area contributed by atoms with Crippen LogP contribution in [-0.4, -0.2) is 11.3 Å². The van der Waals surface area contributed by atoms with Gasteiger partial charge in [0.1, 0.15) is 0 Å². The number of allylic oxidation sites excluding steroid dienone is 2. The molecule has 4 unspecified atom stereocenters. The average molecular weight is 479 g/mol. The molecular formula is C32H32P2. The predicted octanol–water partition coefficient (Wildman–Crippen LogP) is 6.83. The van der Waals surface area contributed by atoms with Crippen LogP contribution in [0.15, 0.2) is 133 Å². The van der Waals surface area contributed by atoms with Gasteiger partial charge in [0.2, 0.25) is 0 Å². The van der Waals surface area contributed by atoms with E-state index in [1.807, 2.05) is 0 Å². The highest BCUT2D eigenvalue weighted by Gasteiger charge is 2.54. The smallest absolute Gasteiger partial charge is 0.00133 e. The molecule has 0 spiro atoms. The molecule has 1 saturated carbocycles. The van der Waals surface area contributed by atoms with Crippen molar-refractivity contribution in [1.82, 2.24) is 0 Å². The van der Waals surface area contributed by atoms with Gasteiger partial charge >= 0.3 is 0 Å². The third-order valence-corrected chi connectivity index (χ3v) is 13.3. The maximum Gasteiger partial charge on any atom is 0.00133 e. The molecule has 34 heavy (non-hydrogen) atoms. The van der Waals surface area contributed by atoms with Gasteiger partial charge in [0.25, 0.3) is 0 Å². The third kappa shape index (κ3) is 4.55. The van der Waals surface area contributed by atoms with Crippen LogP contribution in [0, 0.1) is 11.8 Å². The molecule has 170 valence electrons. The zero-order valence-corrected chi connectivity index (χ0v) is 21.7. The molecule has 5 rings (SSSR count). The van der Waals surface area contributed by atoms with Crippen LogP contribution in [0.4, 0.5) is 0 Å². The van der Waals surface area contributed by atoms with E-state index in [-0.39, 0.29) is 0 Å². The minimum atomic E-state index is -0.490. The van der Waals surface area contributed by atoms with Crippen LogP contribution in [0.25, 0.3) is 0 Å². The molecule has 0 N–H and O–H groups in total. The number of hydrogen-bond donors (Lipinski definition) is 0. The Bertz CT molecular complexity index is 1110. The first-order chi connectivity index (χ1) is 16.8. The molecule has 4 aromatic carbocycles. The number of hydrogen-bond acceptors (Lipinski definition) is 0. The predicted molar refractivity (Wildman–Crippen MR) is 153 cm³/mol. The fraction of sp³-hybridized carbons (Fsp3) is 0.188. The van der Waals surface area contributed by atoms with Gasteiger partial charge in [0.05, 0.1) is 0 Å². The van der Waals surface area contributed by atoms with Gasteiger partial charge in [-0.05, 0) is 61.5 Å². The van der Waals surface area contributed by atoms with Crippen LogP contribution in [0.3, 0.4) is 0 Å². The molecule has 2 heteroatoms. The average Bonchev–Trinajstić information content (AvgIpc) is 2.91. The Morgan fingerprint density at radius 3 is 1.15 bits per heavy atom. The molecule has 0 heterocycles. The highest BCUT2D eigenvalue weighted by Crippen LogP contribution is 2.65. The van der Waals surface area contributed by atoms with E-state index in [1.165, 1.54) is 21.2 Å². The van der Waals surface area contributed by atoms with Crippen LogP contribution >= 0.6 is 15.8 Å². The maximum absolute atomic E-state index is 2.50. The zero-order valence-electron chi connectivity index (χ0n) is 19.9. The van der Waals surface area contributed by atoms with Crippen molar-refractivity contribution in [1.29, 1.82) is 0 Å². The summed E-state index contributed by atoms with van der Waals surface area (Å²) in [5.41, 5.74) is 1.24. The summed E-state index contributed by atoms with van der Waals surface area (Å²) in [6.07, 6.45) is 4.78. The van der Waals surface area contributed by atoms with Crippen molar-refractivity contribution >= 4 is 37.1 Å². The van der Waals surface area contributed by atoms with E-state index in [4.69, 9.17) is 0 Å². The van der Waals surface area contributed by atoms with Crippen molar-refractivity contribution in [2.45, 2.75) is 25.2 Å². The fourth-order valence-corrected chi connectivity index (χ4v) is 12.7. The van der Waals surface area contributed by atoms with Gasteiger partial charge in [0, 0.05) is 5.66 Å². The summed E-state index contributed by atoms with van der Waals surface area (Å²) in [6.45, 7) is 4.68. The molecule has 0 saturated heterocycles. The van der Waals surface area contributed by atoms with Crippen LogP contribution in [0.2, 0.25) is 0 Å². The zero-order chi connectivity index (χ0) is 23.3. The van der Waals surface area contributed by atoms with Gasteiger partial charge in [-0.25, -0.2) is 0 Å². The molecule has 0 amide bonds. The van der Waals surface area contributed by atoms with Gasteiger partial charge in [-0.15, -0.1) is 0 Å². The van der Waals surface area contributed by atoms with Gasteiger partial charge in [0.15, 0.2) is 0 Å². The van der Waals surface area contributed by atoms with Crippen molar-refractivity contribution < 1.29 is 0 Å². The van der Waals surface area contributed by atoms with E-state index >= 15 is 0 Å². The lowest BCUT2D eigenvalue weighted by atomic mass is 9.73. The minimum Gasteiger partial charge on any atom is -0.0914 e. The van der Waals surface area contributed by atoms with Crippen LogP contribution in [-0.2, 0) is 0 Å². The van der Waals surface area contributed by atoms with E-state index in [0.29, 0.717) is 23.2 Å². The summed E-state index contributed by atoms with van der Waals surface area (Å²) < 4.78 is 0. The Balaban J connectivity index is 1.67. The molecule has 4 atom stereocenters. The lowest BCUT2D eigenvalue weighted by molar-refractivity contribution is 0.273. The molecular weight excluding hydrogens is 446 g/mol. The van der Waals surface area contributed by atoms with Gasteiger partial charge < -0.3 is 0 Å². The highest BCUT2D eigenvalue weighted by molar-refractivity contribution is 7.77. The third-order valence-electron chi connectivity index (χ3n) is 7.04. The van der Waals surface area contributed by atoms with Crippen LogP contribution < -0.4 is 21.2 Å². The van der Waals surface area contributed by atoms with Crippen LogP contribution in [0.1, 0.15) is 13.8 Å². The summed E-state index contributed by atoms with van der Waals surface area (Å²) in [5, 5.41) is 5.99. The van der Waals surface area contributed by atoms with Gasteiger partial charge in [-0.3, -0.25) is 0 Å². The summed E-state index contributed by atoms with van der Waals surface area (Å²) in [7, 11) is -0.963. The topological polar surface area (TPSA) is 0 Å². The summed E-state index contributed by atoms with van der Waals surface area (Å²) in [4.78, 5) is 0. The number of benzene rings is 4. The molecule has 0 bridgehead atoms. The quantitative estimate of drug-likeness (QED) is 0.202. The first kappa shape index (κ1) is 23.2. The normalized spacial score (nSPS) is 22.2. The second-order valence-electron chi connectivity index (χ2n) is 9.03. The van der Waals surface area contributed by atoms with Crippen molar-refractivity contribution in [3.63, 3.8) is 0 Å². The number of rotatable bonds is 7. The van der Waals surface area contributed by atoms with Crippen molar-refractivity contribution in [3.05, 3.63) is 133 Å². The maximum atomic E-state index is 2.50. The first-order valence-corrected chi connectivity index (χ1v) is 15.0. The summed E-state index contributed by atoms with van der Waals surface area (Å²) in [5.74, 6) is 1.24. The largest absolute Gasteiger partial charge is 0.0914 e. The minimum absolute atomic E-state index is 0.472. The van der Waals surface area contributed by atoms with Crippen LogP contribution in [0.5, 0.6) is 0 Å². The second kappa shape index (κ2) is 10.8.